The summed E-state index contributed by atoms with van der Waals surface area (Å²) in [6.45, 7) is 4.00. The Morgan fingerprint density at radius 3 is 2.57 bits per heavy atom. The lowest BCUT2D eigenvalue weighted by Crippen LogP contribution is -2.53. The Hall–Kier alpha value is -3.59. The summed E-state index contributed by atoms with van der Waals surface area (Å²) in [5, 5.41) is 8.41. The maximum atomic E-state index is 13.3. The summed E-state index contributed by atoms with van der Waals surface area (Å²) in [4.78, 5) is 39.6. The van der Waals surface area contributed by atoms with E-state index in [1.54, 1.807) is 30.1 Å². The number of para-hydroxylation sites is 1. The van der Waals surface area contributed by atoms with Crippen LogP contribution >= 0.6 is 0 Å². The summed E-state index contributed by atoms with van der Waals surface area (Å²) >= 11 is 0. The molecule has 2 aliphatic heterocycles. The number of nitrogens with zero attached hydrogens (tertiary/aromatic N) is 1. The molecular weight excluding hydrogens is 448 g/mol. The molecule has 186 valence electrons. The molecule has 0 aliphatic carbocycles. The molecule has 4 amide bonds. The van der Waals surface area contributed by atoms with Gasteiger partial charge < -0.3 is 30.3 Å². The Bertz CT molecular complexity index is 1070. The largest absolute Gasteiger partial charge is 0.490 e. The first kappa shape index (κ1) is 24.5. The minimum atomic E-state index is -0.352. The van der Waals surface area contributed by atoms with Crippen LogP contribution in [0.2, 0.25) is 0 Å². The van der Waals surface area contributed by atoms with E-state index in [2.05, 4.69) is 16.0 Å². The zero-order valence-electron chi connectivity index (χ0n) is 20.2. The van der Waals surface area contributed by atoms with E-state index in [0.29, 0.717) is 29.8 Å². The van der Waals surface area contributed by atoms with Crippen molar-refractivity contribution < 1.29 is 23.9 Å². The molecule has 3 N–H and O–H groups in total. The number of rotatable bonds is 5. The van der Waals surface area contributed by atoms with Gasteiger partial charge in [0.05, 0.1) is 24.1 Å². The van der Waals surface area contributed by atoms with Crippen molar-refractivity contribution in [1.82, 2.24) is 10.2 Å². The minimum Gasteiger partial charge on any atom is -0.490 e. The van der Waals surface area contributed by atoms with Gasteiger partial charge in [0.25, 0.3) is 5.91 Å². The summed E-state index contributed by atoms with van der Waals surface area (Å²) in [5.74, 6) is 0.122. The van der Waals surface area contributed by atoms with Crippen LogP contribution < -0.4 is 20.7 Å². The highest BCUT2D eigenvalue weighted by atomic mass is 16.5. The lowest BCUT2D eigenvalue weighted by molar-refractivity contribution is -0.130. The summed E-state index contributed by atoms with van der Waals surface area (Å²) in [6, 6.07) is 13.8. The number of carbonyl (C=O) groups is 3. The average molecular weight is 481 g/mol. The Morgan fingerprint density at radius 1 is 1.06 bits per heavy atom. The van der Waals surface area contributed by atoms with E-state index in [1.165, 1.54) is 0 Å². The van der Waals surface area contributed by atoms with Crippen LogP contribution in [0.4, 0.5) is 16.2 Å². The average Bonchev–Trinajstić information content (AvgIpc) is 2.82. The summed E-state index contributed by atoms with van der Waals surface area (Å²) in [7, 11) is 1.76. The van der Waals surface area contributed by atoms with E-state index in [4.69, 9.17) is 9.47 Å². The maximum Gasteiger partial charge on any atom is 0.319 e. The van der Waals surface area contributed by atoms with E-state index in [9.17, 15) is 14.4 Å². The Kier molecular flexibility index (Phi) is 7.55. The number of amides is 4. The molecule has 2 heterocycles. The third-order valence-corrected chi connectivity index (χ3v) is 6.16. The summed E-state index contributed by atoms with van der Waals surface area (Å²) < 4.78 is 12.2. The first-order chi connectivity index (χ1) is 16.8. The summed E-state index contributed by atoms with van der Waals surface area (Å²) in [6.07, 6.45) is 0.987. The SMILES string of the molecule is CC(C)NC(=O)Nc1ccc2c(c1)C(=O)N(C)[C@H]1CC[C@H](CC(=O)Nc3ccccc3)O[C@H]1CO2. The molecule has 4 rings (SSSR count). The minimum absolute atomic E-state index is 0.00749. The van der Waals surface area contributed by atoms with Gasteiger partial charge in [-0.1, -0.05) is 18.2 Å². The van der Waals surface area contributed by atoms with Gasteiger partial charge in [0.15, 0.2) is 0 Å². The summed E-state index contributed by atoms with van der Waals surface area (Å²) in [5.41, 5.74) is 1.64. The van der Waals surface area contributed by atoms with Gasteiger partial charge >= 0.3 is 6.03 Å². The number of hydrogen-bond donors (Lipinski definition) is 3. The lowest BCUT2D eigenvalue weighted by Gasteiger charge is -2.42. The molecule has 1 saturated heterocycles. The van der Waals surface area contributed by atoms with Crippen LogP contribution in [0.1, 0.15) is 43.5 Å². The van der Waals surface area contributed by atoms with Crippen molar-refractivity contribution in [2.75, 3.05) is 24.3 Å². The van der Waals surface area contributed by atoms with E-state index in [0.717, 1.165) is 5.69 Å². The fourth-order valence-electron chi connectivity index (χ4n) is 4.47. The Balaban J connectivity index is 1.42. The highest BCUT2D eigenvalue weighted by Gasteiger charge is 2.39. The molecule has 35 heavy (non-hydrogen) atoms. The molecule has 2 aliphatic rings. The molecule has 9 heteroatoms. The molecule has 0 radical (unpaired) electrons. The van der Waals surface area contributed by atoms with Gasteiger partial charge in [-0.15, -0.1) is 0 Å². The van der Waals surface area contributed by atoms with Gasteiger partial charge in [-0.3, -0.25) is 9.59 Å². The van der Waals surface area contributed by atoms with Crippen molar-refractivity contribution in [3.63, 3.8) is 0 Å². The van der Waals surface area contributed by atoms with Crippen molar-refractivity contribution in [2.24, 2.45) is 0 Å². The normalized spacial score (nSPS) is 21.7. The van der Waals surface area contributed by atoms with Crippen LogP contribution in [0.25, 0.3) is 0 Å². The van der Waals surface area contributed by atoms with E-state index >= 15 is 0 Å². The van der Waals surface area contributed by atoms with Gasteiger partial charge in [0.2, 0.25) is 5.91 Å². The molecule has 0 unspecified atom stereocenters. The Labute approximate surface area is 205 Å². The number of fused-ring (bicyclic) bond motifs is 2. The van der Waals surface area contributed by atoms with E-state index in [1.807, 2.05) is 44.2 Å². The molecule has 0 aromatic heterocycles. The molecule has 0 saturated carbocycles. The first-order valence-electron chi connectivity index (χ1n) is 11.9. The van der Waals surface area contributed by atoms with E-state index < -0.39 is 0 Å². The number of benzene rings is 2. The molecule has 0 spiro atoms. The van der Waals surface area contributed by atoms with Crippen LogP contribution in [-0.4, -0.2) is 60.7 Å². The number of anilines is 2. The second-order valence-corrected chi connectivity index (χ2v) is 9.25. The maximum absolute atomic E-state index is 13.3. The zero-order chi connectivity index (χ0) is 24.9. The van der Waals surface area contributed by atoms with Gasteiger partial charge in [-0.2, -0.15) is 0 Å². The molecule has 1 fully saturated rings. The Morgan fingerprint density at radius 2 is 1.83 bits per heavy atom. The molecular formula is C26H32N4O5. The molecule has 2 aromatic rings. The molecule has 3 atom stereocenters. The van der Waals surface area contributed by atoms with Crippen molar-refractivity contribution in [3.8, 4) is 5.75 Å². The van der Waals surface area contributed by atoms with Gasteiger partial charge in [-0.25, -0.2) is 4.79 Å². The van der Waals surface area contributed by atoms with Gasteiger partial charge in [0.1, 0.15) is 18.5 Å². The number of likely N-dealkylation sites (N-methyl/N-ethyl adjacent to an activating group) is 1. The van der Waals surface area contributed by atoms with Crippen LogP contribution in [-0.2, 0) is 9.53 Å². The predicted molar refractivity (Wildman–Crippen MR) is 133 cm³/mol. The highest BCUT2D eigenvalue weighted by molar-refractivity contribution is 5.99. The van der Waals surface area contributed by atoms with Crippen molar-refractivity contribution in [2.45, 2.75) is 57.4 Å². The number of nitrogens with one attached hydrogen (secondary N) is 3. The third-order valence-electron chi connectivity index (χ3n) is 6.16. The number of urea groups is 1. The second kappa shape index (κ2) is 10.8. The smallest absolute Gasteiger partial charge is 0.319 e. The number of hydrogen-bond acceptors (Lipinski definition) is 5. The van der Waals surface area contributed by atoms with E-state index in [-0.39, 0.29) is 55.2 Å². The lowest BCUT2D eigenvalue weighted by atomic mass is 9.94. The van der Waals surface area contributed by atoms with Crippen molar-refractivity contribution in [3.05, 3.63) is 54.1 Å². The zero-order valence-corrected chi connectivity index (χ0v) is 20.2. The van der Waals surface area contributed by atoms with Crippen LogP contribution in [0.5, 0.6) is 5.75 Å². The van der Waals surface area contributed by atoms with Crippen molar-refractivity contribution >= 4 is 29.2 Å². The van der Waals surface area contributed by atoms with Crippen LogP contribution in [0.3, 0.4) is 0 Å². The third kappa shape index (κ3) is 6.10. The molecule has 0 bridgehead atoms. The van der Waals surface area contributed by atoms with Gasteiger partial charge in [-0.05, 0) is 57.0 Å². The fraction of sp³-hybridized carbons (Fsp3) is 0.423. The van der Waals surface area contributed by atoms with Crippen molar-refractivity contribution in [1.29, 1.82) is 0 Å². The van der Waals surface area contributed by atoms with Gasteiger partial charge in [0, 0.05) is 24.5 Å². The fourth-order valence-corrected chi connectivity index (χ4v) is 4.47. The highest BCUT2D eigenvalue weighted by Crippen LogP contribution is 2.32. The predicted octanol–water partition coefficient (Wildman–Crippen LogP) is 3.63. The van der Waals surface area contributed by atoms with Crippen LogP contribution in [0, 0.1) is 0 Å². The van der Waals surface area contributed by atoms with Crippen LogP contribution in [0.15, 0.2) is 48.5 Å². The standard InChI is InChI=1S/C26H32N4O5/c1-16(2)27-26(33)29-18-9-12-22-20(13-18)25(32)30(3)21-11-10-19(35-23(21)15-34-22)14-24(31)28-17-7-5-4-6-8-17/h4-9,12-13,16,19,21,23H,10-11,14-15H2,1-3H3,(H,28,31)(H2,27,29,33)/t19-,21+,23+/m1/s1. The number of carbonyl (C=O) groups excluding carboxylic acids is 3. The molecule has 2 aromatic carbocycles. The quantitative estimate of drug-likeness (QED) is 0.606. The molecule has 9 nitrogen and oxygen atoms in total. The second-order valence-electron chi connectivity index (χ2n) is 9.25. The number of ether oxygens (including phenoxy) is 2. The topological polar surface area (TPSA) is 109 Å². The first-order valence-corrected chi connectivity index (χ1v) is 11.9. The monoisotopic (exact) mass is 480 g/mol.